The van der Waals surface area contributed by atoms with Crippen molar-refractivity contribution in [2.24, 2.45) is 0 Å². The first kappa shape index (κ1) is 16.7. The number of aliphatic hydroxyl groups is 1. The van der Waals surface area contributed by atoms with E-state index in [1.54, 1.807) is 18.2 Å². The summed E-state index contributed by atoms with van der Waals surface area (Å²) in [6.07, 6.45) is -0.288. The largest absolute Gasteiger partial charge is 0.465 e. The second kappa shape index (κ2) is 6.80. The van der Waals surface area contributed by atoms with E-state index < -0.39 is 23.9 Å². The molecule has 0 bridgehead atoms. The molecule has 2 aromatic rings. The molecule has 0 saturated carbocycles. The lowest BCUT2D eigenvalue weighted by atomic mass is 10.2. The Morgan fingerprint density at radius 2 is 2.33 bits per heavy atom. The van der Waals surface area contributed by atoms with E-state index in [1.807, 2.05) is 0 Å². The van der Waals surface area contributed by atoms with Crippen molar-refractivity contribution < 1.29 is 28.3 Å². The van der Waals surface area contributed by atoms with Crippen molar-refractivity contribution in [2.75, 3.05) is 13.7 Å². The summed E-state index contributed by atoms with van der Waals surface area (Å²) in [6.45, 7) is 0.580. The zero-order chi connectivity index (χ0) is 17.3. The van der Waals surface area contributed by atoms with Crippen LogP contribution < -0.4 is 4.90 Å². The molecular weight excluding hydrogens is 337 g/mol. The molecule has 0 amide bonds. The maximum Gasteiger partial charge on any atom is 0.364 e. The Bertz CT molecular complexity index is 806. The van der Waals surface area contributed by atoms with Crippen LogP contribution in [0.25, 0.3) is 11.5 Å². The number of ether oxygens (including phenoxy) is 1. The van der Waals surface area contributed by atoms with E-state index in [9.17, 15) is 14.3 Å². The number of quaternary nitrogens is 1. The minimum atomic E-state index is -0.601. The van der Waals surface area contributed by atoms with Gasteiger partial charge in [-0.2, -0.15) is 4.68 Å². The lowest BCUT2D eigenvalue weighted by Gasteiger charge is -2.18. The monoisotopic (exact) mass is 354 g/mol. The minimum Gasteiger partial charge on any atom is -0.465 e. The Hall–Kier alpha value is -2.10. The van der Waals surface area contributed by atoms with Gasteiger partial charge in [0.2, 0.25) is 5.89 Å². The fraction of sp³-hybridized carbons (Fsp3) is 0.400. The number of halogens is 1. The van der Waals surface area contributed by atoms with Crippen LogP contribution in [0.1, 0.15) is 6.42 Å². The number of nitrogens with zero attached hydrogens (tertiary/aromatic N) is 2. The summed E-state index contributed by atoms with van der Waals surface area (Å²) < 4.78 is 25.4. The highest BCUT2D eigenvalue weighted by molar-refractivity contribution is 7.71. The van der Waals surface area contributed by atoms with Crippen LogP contribution >= 0.6 is 12.2 Å². The molecule has 1 aromatic carbocycles. The lowest BCUT2D eigenvalue weighted by Crippen LogP contribution is -3.14. The molecule has 24 heavy (non-hydrogen) atoms. The minimum absolute atomic E-state index is 0.0748. The second-order valence-electron chi connectivity index (χ2n) is 5.64. The molecule has 1 fully saturated rings. The van der Waals surface area contributed by atoms with Gasteiger partial charge < -0.3 is 19.2 Å². The predicted molar refractivity (Wildman–Crippen MR) is 83.0 cm³/mol. The Balaban J connectivity index is 1.85. The highest BCUT2D eigenvalue weighted by Crippen LogP contribution is 2.20. The number of carbonyl (C=O) groups is 1. The number of likely N-dealkylation sites (tertiary alicyclic amines) is 1. The number of rotatable bonds is 4. The van der Waals surface area contributed by atoms with E-state index in [-0.39, 0.29) is 23.0 Å². The first-order chi connectivity index (χ1) is 11.5. The number of benzene rings is 1. The van der Waals surface area contributed by atoms with Crippen LogP contribution in [0.2, 0.25) is 0 Å². The summed E-state index contributed by atoms with van der Waals surface area (Å²) in [4.78, 5) is 12.7. The molecule has 1 unspecified atom stereocenters. The smallest absolute Gasteiger partial charge is 0.364 e. The summed E-state index contributed by atoms with van der Waals surface area (Å²) in [5, 5.41) is 14.0. The quantitative estimate of drug-likeness (QED) is 0.601. The molecule has 3 atom stereocenters. The number of aromatic nitrogens is 2. The van der Waals surface area contributed by atoms with Crippen LogP contribution in [0.3, 0.4) is 0 Å². The number of hydrogen-bond donors (Lipinski definition) is 2. The van der Waals surface area contributed by atoms with Crippen molar-refractivity contribution in [3.05, 3.63) is 34.9 Å². The SMILES string of the molecule is COC(=O)[C@@H]1C[C@@H](O)C[NH+]1Cn1nc(-c2ccccc2F)oc1=S. The number of esters is 1. The third-order valence-corrected chi connectivity index (χ3v) is 4.34. The van der Waals surface area contributed by atoms with Crippen molar-refractivity contribution in [3.8, 4) is 11.5 Å². The van der Waals surface area contributed by atoms with E-state index in [1.165, 1.54) is 17.9 Å². The summed E-state index contributed by atoms with van der Waals surface area (Å²) in [6, 6.07) is 5.60. The van der Waals surface area contributed by atoms with Gasteiger partial charge in [-0.1, -0.05) is 12.1 Å². The van der Waals surface area contributed by atoms with E-state index in [0.717, 1.165) is 4.90 Å². The van der Waals surface area contributed by atoms with Gasteiger partial charge in [0, 0.05) is 6.42 Å². The molecular formula is C15H17FN3O4S+. The first-order valence-corrected chi connectivity index (χ1v) is 7.83. The fourth-order valence-corrected chi connectivity index (χ4v) is 3.07. The zero-order valence-electron chi connectivity index (χ0n) is 12.9. The Morgan fingerprint density at radius 3 is 3.04 bits per heavy atom. The van der Waals surface area contributed by atoms with E-state index in [2.05, 4.69) is 5.10 Å². The maximum absolute atomic E-state index is 13.8. The van der Waals surface area contributed by atoms with Crippen LogP contribution in [0.5, 0.6) is 0 Å². The Labute approximate surface area is 142 Å². The summed E-state index contributed by atoms with van der Waals surface area (Å²) >= 11 is 5.13. The Morgan fingerprint density at radius 1 is 1.58 bits per heavy atom. The van der Waals surface area contributed by atoms with Crippen molar-refractivity contribution >= 4 is 18.2 Å². The molecule has 128 valence electrons. The van der Waals surface area contributed by atoms with Crippen LogP contribution in [0, 0.1) is 10.7 Å². The number of nitrogens with one attached hydrogen (secondary N) is 1. The van der Waals surface area contributed by atoms with Crippen molar-refractivity contribution in [1.29, 1.82) is 0 Å². The third-order valence-electron chi connectivity index (χ3n) is 4.05. The van der Waals surface area contributed by atoms with Crippen LogP contribution in [-0.4, -0.2) is 46.7 Å². The number of hydrogen-bond acceptors (Lipinski definition) is 6. The zero-order valence-corrected chi connectivity index (χ0v) is 13.8. The van der Waals surface area contributed by atoms with Crippen LogP contribution in [-0.2, 0) is 16.2 Å². The van der Waals surface area contributed by atoms with E-state index in [0.29, 0.717) is 13.0 Å². The molecule has 1 saturated heterocycles. The average Bonchev–Trinajstić information content (AvgIpc) is 3.10. The van der Waals surface area contributed by atoms with Gasteiger partial charge in [-0.05, 0) is 24.4 Å². The van der Waals surface area contributed by atoms with Gasteiger partial charge in [-0.3, -0.25) is 0 Å². The number of methoxy groups -OCH3 is 1. The number of aliphatic hydroxyl groups excluding tert-OH is 1. The molecule has 2 heterocycles. The van der Waals surface area contributed by atoms with Gasteiger partial charge >= 0.3 is 5.97 Å². The molecule has 1 aliphatic rings. The molecule has 3 rings (SSSR count). The molecule has 9 heteroatoms. The summed E-state index contributed by atoms with van der Waals surface area (Å²) in [5.74, 6) is -0.782. The number of carbonyl (C=O) groups excluding carboxylic acids is 1. The van der Waals surface area contributed by atoms with Gasteiger partial charge in [0.05, 0.1) is 12.7 Å². The molecule has 0 aliphatic carbocycles. The summed E-state index contributed by atoms with van der Waals surface area (Å²) in [7, 11) is 1.31. The third kappa shape index (κ3) is 3.23. The molecule has 1 aliphatic heterocycles. The van der Waals surface area contributed by atoms with Crippen LogP contribution in [0.15, 0.2) is 28.7 Å². The molecule has 7 nitrogen and oxygen atoms in total. The lowest BCUT2D eigenvalue weighted by molar-refractivity contribution is -0.928. The van der Waals surface area contributed by atoms with Gasteiger partial charge in [-0.15, -0.1) is 5.10 Å². The second-order valence-corrected chi connectivity index (χ2v) is 5.99. The molecule has 1 aromatic heterocycles. The Kier molecular flexibility index (Phi) is 4.74. The standard InChI is InChI=1S/C15H16FN3O4S/c1-22-14(21)12-6-9(20)7-18(12)8-19-15(24)23-13(17-19)10-4-2-3-5-11(10)16/h2-5,9,12,20H,6-8H2,1H3/p+1/t9-,12+/m1/s1. The highest BCUT2D eigenvalue weighted by atomic mass is 32.1. The first-order valence-electron chi connectivity index (χ1n) is 7.43. The fourth-order valence-electron chi connectivity index (χ4n) is 2.89. The molecule has 0 radical (unpaired) electrons. The van der Waals surface area contributed by atoms with Gasteiger partial charge in [-0.25, -0.2) is 9.18 Å². The van der Waals surface area contributed by atoms with Gasteiger partial charge in [0.15, 0.2) is 12.7 Å². The summed E-state index contributed by atoms with van der Waals surface area (Å²) in [5.41, 5.74) is 0.211. The van der Waals surface area contributed by atoms with Gasteiger partial charge in [0.25, 0.3) is 4.84 Å². The molecule has 0 spiro atoms. The van der Waals surface area contributed by atoms with E-state index in [4.69, 9.17) is 21.4 Å². The van der Waals surface area contributed by atoms with Crippen LogP contribution in [0.4, 0.5) is 4.39 Å². The normalized spacial score (nSPS) is 23.4. The average molecular weight is 354 g/mol. The topological polar surface area (TPSA) is 81.9 Å². The van der Waals surface area contributed by atoms with Crippen molar-refractivity contribution in [2.45, 2.75) is 25.2 Å². The van der Waals surface area contributed by atoms with Gasteiger partial charge in [0.1, 0.15) is 18.5 Å². The van der Waals surface area contributed by atoms with Crippen molar-refractivity contribution in [3.63, 3.8) is 0 Å². The highest BCUT2D eigenvalue weighted by Gasteiger charge is 2.41. The van der Waals surface area contributed by atoms with E-state index >= 15 is 0 Å². The predicted octanol–water partition coefficient (Wildman–Crippen LogP) is 0.160. The molecule has 2 N–H and O–H groups in total. The maximum atomic E-state index is 13.8. The van der Waals surface area contributed by atoms with Crippen molar-refractivity contribution in [1.82, 2.24) is 9.78 Å².